The van der Waals surface area contributed by atoms with E-state index in [4.69, 9.17) is 35.9 Å². The normalized spacial score (nSPS) is 30.7. The highest BCUT2D eigenvalue weighted by Crippen LogP contribution is 2.52. The molecule has 26 nitrogen and oxygen atoms in total. The van der Waals surface area contributed by atoms with Gasteiger partial charge in [0.25, 0.3) is 28.5 Å². The minimum Gasteiger partial charge on any atom is -0.481 e. The number of carbonyl (C=O) groups excluding carboxylic acids is 2. The molecule has 654 valence electrons. The smallest absolute Gasteiger partial charge is 0.303 e. The molecule has 12 bridgehead atoms. The van der Waals surface area contributed by atoms with Crippen LogP contribution in [-0.4, -0.2) is 168 Å². The molecule has 6 N–H and O–H groups in total. The number of oxime groups is 3. The summed E-state index contributed by atoms with van der Waals surface area (Å²) < 4.78 is 5.75. The number of nitrogens with two attached hydrogens (primary N) is 2. The highest BCUT2D eigenvalue weighted by atomic mass is 16.6. The zero-order valence-electron chi connectivity index (χ0n) is 71.1. The van der Waals surface area contributed by atoms with Crippen LogP contribution < -0.4 is 28.1 Å². The van der Waals surface area contributed by atoms with Gasteiger partial charge in [-0.15, -0.1) is 0 Å². The van der Waals surface area contributed by atoms with Gasteiger partial charge in [-0.25, -0.2) is 15.0 Å². The van der Waals surface area contributed by atoms with Gasteiger partial charge in [0, 0.05) is 85.3 Å². The van der Waals surface area contributed by atoms with Gasteiger partial charge < -0.3 is 49.9 Å². The summed E-state index contributed by atoms with van der Waals surface area (Å²) in [6.45, 7) is 6.89. The molecule has 26 heteroatoms. The summed E-state index contributed by atoms with van der Waals surface area (Å²) in [7, 11) is 0. The SMILES string of the molecule is C.CC(C)O/N=C(\CCC(=O)O)c1nc2ccccc2n(C2CC3CCC(C2)N3C2CC3CCCCC(C3)C2)c1=O.CC(C)O/N=C(\CCC(=O)O)c1nc2ccccc2n(C2CC3CCCC(C2)N3C2CC3CCCC(C3)C2)c1=O.NC(=O)CO/N=C(\C(N)=O)c1nc2ccccc2n(C2CC3CCCC(C2)N3C2CC3CCCCC(C3)C2)c1=O. The first-order valence-electron chi connectivity index (χ1n) is 46.2. The molecule has 6 saturated carbocycles. The molecule has 121 heavy (non-hydrogen) atoms. The summed E-state index contributed by atoms with van der Waals surface area (Å²) in [5, 5.41) is 30.9. The van der Waals surface area contributed by atoms with Crippen LogP contribution >= 0.6 is 0 Å². The Morgan fingerprint density at radius 2 is 0.678 bits per heavy atom. The molecule has 6 aromatic rings. The number of aromatic nitrogens is 6. The Morgan fingerprint density at radius 1 is 0.380 bits per heavy atom. The number of fused-ring (bicyclic) bond motifs is 15. The summed E-state index contributed by atoms with van der Waals surface area (Å²) in [4.78, 5) is 127. The number of nitrogens with zero attached hydrogens (tertiary/aromatic N) is 12. The van der Waals surface area contributed by atoms with Gasteiger partial charge >= 0.3 is 11.9 Å². The largest absolute Gasteiger partial charge is 0.481 e. The van der Waals surface area contributed by atoms with Crippen molar-refractivity contribution in [3.05, 3.63) is 121 Å². The summed E-state index contributed by atoms with van der Waals surface area (Å²) in [5.41, 5.74) is 14.9. The number of piperidine rings is 5. The molecule has 12 fully saturated rings. The van der Waals surface area contributed by atoms with E-state index >= 15 is 0 Å². The predicted molar refractivity (Wildman–Crippen MR) is 470 cm³/mol. The van der Waals surface area contributed by atoms with Crippen LogP contribution in [0.2, 0.25) is 0 Å². The maximum absolute atomic E-state index is 14.3. The number of hydrogen-bond donors (Lipinski definition) is 4. The number of primary amides is 2. The number of rotatable bonds is 23. The second kappa shape index (κ2) is 39.0. The van der Waals surface area contributed by atoms with Crippen molar-refractivity contribution in [2.45, 2.75) is 364 Å². The van der Waals surface area contributed by atoms with Crippen LogP contribution in [0, 0.1) is 35.5 Å². The van der Waals surface area contributed by atoms with Gasteiger partial charge in [-0.05, 0) is 234 Å². The molecule has 0 spiro atoms. The highest BCUT2D eigenvalue weighted by molar-refractivity contribution is 6.44. The number of amides is 2. The van der Waals surface area contributed by atoms with Crippen LogP contribution in [0.25, 0.3) is 33.1 Å². The number of carbonyl (C=O) groups is 4. The van der Waals surface area contributed by atoms with Gasteiger partial charge in [0.2, 0.25) is 0 Å². The molecule has 3 aromatic carbocycles. The predicted octanol–water partition coefficient (Wildman–Crippen LogP) is 15.5. The molecular weight excluding hydrogens is 1530 g/mol. The lowest BCUT2D eigenvalue weighted by Gasteiger charge is -2.55. The van der Waals surface area contributed by atoms with Gasteiger partial charge in [-0.3, -0.25) is 48.3 Å². The molecule has 12 aliphatic rings. The minimum atomic E-state index is -0.957. The van der Waals surface area contributed by atoms with E-state index < -0.39 is 41.6 Å². The van der Waals surface area contributed by atoms with Gasteiger partial charge in [-0.1, -0.05) is 143 Å². The zero-order valence-corrected chi connectivity index (χ0v) is 71.1. The van der Waals surface area contributed by atoms with E-state index in [1.807, 2.05) is 114 Å². The molecular formula is C95H132N14O12. The fourth-order valence-corrected chi connectivity index (χ4v) is 25.2. The average molecular weight is 1660 g/mol. The molecule has 6 aliphatic heterocycles. The van der Waals surface area contributed by atoms with Crippen molar-refractivity contribution in [1.82, 2.24) is 43.4 Å². The molecule has 18 rings (SSSR count). The van der Waals surface area contributed by atoms with Gasteiger partial charge in [0.1, 0.15) is 23.6 Å². The summed E-state index contributed by atoms with van der Waals surface area (Å²) in [6.07, 6.45) is 42.6. The fourth-order valence-electron chi connectivity index (χ4n) is 25.2. The van der Waals surface area contributed by atoms with Crippen LogP contribution in [0.3, 0.4) is 0 Å². The summed E-state index contributed by atoms with van der Waals surface area (Å²) >= 11 is 0. The van der Waals surface area contributed by atoms with E-state index in [0.29, 0.717) is 71.3 Å². The van der Waals surface area contributed by atoms with Gasteiger partial charge in [0.05, 0.1) is 45.9 Å². The molecule has 6 aliphatic carbocycles. The maximum atomic E-state index is 14.3. The van der Waals surface area contributed by atoms with Gasteiger partial charge in [-0.2, -0.15) is 0 Å². The van der Waals surface area contributed by atoms with E-state index in [-0.39, 0.29) is 91.6 Å². The van der Waals surface area contributed by atoms with Crippen molar-refractivity contribution < 1.29 is 43.9 Å². The minimum absolute atomic E-state index is 0. The molecule has 2 amide bonds. The number of carboxylic acid groups (broad SMARTS) is 2. The van der Waals surface area contributed by atoms with Crippen molar-refractivity contribution in [3.8, 4) is 0 Å². The lowest BCUT2D eigenvalue weighted by atomic mass is 9.68. The van der Waals surface area contributed by atoms with Crippen LogP contribution in [-0.2, 0) is 33.7 Å². The lowest BCUT2D eigenvalue weighted by molar-refractivity contribution is -0.137. The van der Waals surface area contributed by atoms with Crippen molar-refractivity contribution in [2.24, 2.45) is 62.4 Å². The maximum Gasteiger partial charge on any atom is 0.303 e. The first-order valence-corrected chi connectivity index (χ1v) is 46.2. The second-order valence-electron chi connectivity index (χ2n) is 38.4. The zero-order chi connectivity index (χ0) is 83.4. The monoisotopic (exact) mass is 1660 g/mol. The standard InChI is InChI=1S/2C32H44N4O4.C30H40N6O4.CH4/c1-20(2)40-34-28(13-14-30(37)38)31-32(39)36(29-12-4-3-11-27(29)33-31)26-18-23-9-6-10-24(19-26)35(23)25-16-21-7-5-8-22(15-21)17-25;1-20(2)40-34-28(13-14-30(37)38)31-32(39)36(29-10-6-5-9-27(29)33-31)26-18-23-11-12-24(19-26)35(23)25-16-21-7-3-4-8-22(15-21)17-25;31-26(37)17-40-34-27(29(32)38)28-30(39)36(25-11-4-3-10-24(25)33-28)23-15-20-8-5-9-21(16-23)35(20)22-13-18-6-1-2-7-19(12-18)14-22;/h3-4,11-12,20-26H,5-10,13-19H2,1-2H3,(H,37,38);5-6,9-10,20-26H,3-4,7-8,11-19H2,1-2H3,(H,37,38);3-4,10-11,18-23H,1-2,5-9,12-17H2,(H2,31,37)(H2,32,38);1H4/b2*34-28+;34-27-;. The second-order valence-corrected chi connectivity index (χ2v) is 38.4. The topological polar surface area (TPSA) is 340 Å². The number of aliphatic carboxylic acids is 2. The van der Waals surface area contributed by atoms with Crippen LogP contribution in [0.15, 0.2) is 103 Å². The van der Waals surface area contributed by atoms with Crippen molar-refractivity contribution in [2.75, 3.05) is 6.61 Å². The Balaban J connectivity index is 0.000000141. The van der Waals surface area contributed by atoms with E-state index in [0.717, 1.165) is 114 Å². The Kier molecular flexibility index (Phi) is 28.1. The average Bonchev–Trinajstić information content (AvgIpc) is 1.67. The van der Waals surface area contributed by atoms with Crippen molar-refractivity contribution in [3.63, 3.8) is 0 Å². The van der Waals surface area contributed by atoms with Crippen LogP contribution in [0.4, 0.5) is 0 Å². The van der Waals surface area contributed by atoms with Crippen LogP contribution in [0.1, 0.15) is 314 Å². The van der Waals surface area contributed by atoms with E-state index in [1.165, 1.54) is 167 Å². The Hall–Kier alpha value is -8.75. The molecule has 6 saturated heterocycles. The quantitative estimate of drug-likeness (QED) is 0.0342. The van der Waals surface area contributed by atoms with Crippen molar-refractivity contribution >= 4 is 74.0 Å². The van der Waals surface area contributed by atoms with E-state index in [9.17, 15) is 43.8 Å². The Labute approximate surface area is 711 Å². The molecule has 12 atom stereocenters. The summed E-state index contributed by atoms with van der Waals surface area (Å²) in [6, 6.07) is 28.2. The third-order valence-electron chi connectivity index (χ3n) is 29.6. The summed E-state index contributed by atoms with van der Waals surface area (Å²) in [5.74, 6) is 1.74. The number of benzene rings is 3. The lowest BCUT2D eigenvalue weighted by Crippen LogP contribution is -2.58. The van der Waals surface area contributed by atoms with Crippen LogP contribution in [0.5, 0.6) is 0 Å². The molecule has 12 unspecified atom stereocenters. The Bertz CT molecular complexity index is 4900. The Morgan fingerprint density at radius 3 is 0.992 bits per heavy atom. The van der Waals surface area contributed by atoms with E-state index in [2.05, 4.69) is 35.2 Å². The number of hydrogen-bond acceptors (Lipinski definition) is 19. The highest BCUT2D eigenvalue weighted by Gasteiger charge is 2.50. The molecule has 3 aromatic heterocycles. The van der Waals surface area contributed by atoms with Gasteiger partial charge in [0.15, 0.2) is 29.4 Å². The third-order valence-corrected chi connectivity index (χ3v) is 29.6. The third kappa shape index (κ3) is 19.8. The fraction of sp³-hybridized carbons (Fsp3) is 0.674. The molecule has 9 heterocycles. The van der Waals surface area contributed by atoms with Crippen molar-refractivity contribution in [1.29, 1.82) is 0 Å². The number of carboxylic acids is 2. The first-order chi connectivity index (χ1) is 58.1. The molecule has 0 radical (unpaired) electrons. The number of para-hydroxylation sites is 6. The van der Waals surface area contributed by atoms with E-state index in [1.54, 1.807) is 0 Å². The first kappa shape index (κ1) is 87.2.